The van der Waals surface area contributed by atoms with Gasteiger partial charge in [0.15, 0.2) is 0 Å². The van der Waals surface area contributed by atoms with E-state index >= 15 is 0 Å². The van der Waals surface area contributed by atoms with E-state index in [9.17, 15) is 0 Å². The molecule has 1 aromatic heterocycles. The minimum absolute atomic E-state index is 0.151. The highest BCUT2D eigenvalue weighted by Gasteiger charge is 2.24. The van der Waals surface area contributed by atoms with Gasteiger partial charge in [-0.15, -0.1) is 0 Å². The molecule has 1 atom stereocenters. The van der Waals surface area contributed by atoms with Gasteiger partial charge in [-0.2, -0.15) is 0 Å². The Morgan fingerprint density at radius 2 is 1.82 bits per heavy atom. The summed E-state index contributed by atoms with van der Waals surface area (Å²) in [6, 6.07) is 11.1. The molecule has 0 saturated heterocycles. The van der Waals surface area contributed by atoms with Crippen molar-refractivity contribution in [3.8, 4) is 0 Å². The van der Waals surface area contributed by atoms with Gasteiger partial charge in [0, 0.05) is 17.8 Å². The third-order valence-corrected chi connectivity index (χ3v) is 4.33. The maximum absolute atomic E-state index is 4.68. The second kappa shape index (κ2) is 6.64. The van der Waals surface area contributed by atoms with Gasteiger partial charge in [0.1, 0.15) is 0 Å². The van der Waals surface area contributed by atoms with Gasteiger partial charge in [-0.05, 0) is 47.1 Å². The summed E-state index contributed by atoms with van der Waals surface area (Å²) in [6.45, 7) is 13.5. The molecular formula is C21H29N. The molecule has 0 aliphatic carbocycles. The Balaban J connectivity index is 2.57. The van der Waals surface area contributed by atoms with E-state index in [4.69, 9.17) is 0 Å². The predicted molar refractivity (Wildman–Crippen MR) is 95.6 cm³/mol. The van der Waals surface area contributed by atoms with Crippen molar-refractivity contribution in [1.82, 2.24) is 4.98 Å². The van der Waals surface area contributed by atoms with Crippen LogP contribution in [0.25, 0.3) is 0 Å². The molecule has 0 N–H and O–H groups in total. The molecule has 0 bridgehead atoms. The topological polar surface area (TPSA) is 12.9 Å². The van der Waals surface area contributed by atoms with Crippen LogP contribution in [0.4, 0.5) is 0 Å². The van der Waals surface area contributed by atoms with Crippen LogP contribution in [-0.4, -0.2) is 4.98 Å². The number of aryl methyl sites for hydroxylation is 2. The maximum Gasteiger partial charge on any atom is 0.0475 e. The van der Waals surface area contributed by atoms with Crippen molar-refractivity contribution in [2.75, 3.05) is 0 Å². The summed E-state index contributed by atoms with van der Waals surface area (Å²) in [5.74, 6) is 0.331. The molecule has 1 unspecified atom stereocenters. The van der Waals surface area contributed by atoms with E-state index in [1.807, 2.05) is 6.20 Å². The van der Waals surface area contributed by atoms with E-state index in [1.165, 1.54) is 34.4 Å². The lowest BCUT2D eigenvalue weighted by molar-refractivity contribution is 0.576. The molecule has 0 radical (unpaired) electrons. The summed E-state index contributed by atoms with van der Waals surface area (Å²) >= 11 is 0. The molecule has 1 aromatic carbocycles. The average Bonchev–Trinajstić information content (AvgIpc) is 2.46. The first-order valence-corrected chi connectivity index (χ1v) is 8.39. The van der Waals surface area contributed by atoms with Crippen molar-refractivity contribution in [2.45, 2.75) is 65.7 Å². The Bertz CT molecular complexity index is 617. The monoisotopic (exact) mass is 295 g/mol. The number of rotatable bonds is 4. The van der Waals surface area contributed by atoms with Crippen LogP contribution in [0.15, 0.2) is 36.5 Å². The lowest BCUT2D eigenvalue weighted by Crippen LogP contribution is -2.18. The fourth-order valence-corrected chi connectivity index (χ4v) is 3.15. The summed E-state index contributed by atoms with van der Waals surface area (Å²) < 4.78 is 0. The van der Waals surface area contributed by atoms with E-state index in [0.29, 0.717) is 5.92 Å². The zero-order valence-electron chi connectivity index (χ0n) is 14.9. The highest BCUT2D eigenvalue weighted by atomic mass is 14.7. The third kappa shape index (κ3) is 3.58. The number of aromatic nitrogens is 1. The molecule has 22 heavy (non-hydrogen) atoms. The summed E-state index contributed by atoms with van der Waals surface area (Å²) in [6.07, 6.45) is 4.29. The van der Waals surface area contributed by atoms with Crippen molar-refractivity contribution in [2.24, 2.45) is 0 Å². The van der Waals surface area contributed by atoms with Gasteiger partial charge < -0.3 is 0 Å². The number of pyridine rings is 1. The quantitative estimate of drug-likeness (QED) is 0.695. The van der Waals surface area contributed by atoms with Crippen LogP contribution >= 0.6 is 0 Å². The lowest BCUT2D eigenvalue weighted by Gasteiger charge is -2.28. The second-order valence-electron chi connectivity index (χ2n) is 7.36. The normalized spacial score (nSPS) is 13.2. The van der Waals surface area contributed by atoms with Crippen LogP contribution in [-0.2, 0) is 11.8 Å². The van der Waals surface area contributed by atoms with E-state index in [0.717, 1.165) is 6.42 Å². The van der Waals surface area contributed by atoms with Gasteiger partial charge in [-0.3, -0.25) is 4.98 Å². The molecule has 1 heterocycles. The number of hydrogen-bond acceptors (Lipinski definition) is 1. The second-order valence-corrected chi connectivity index (χ2v) is 7.36. The van der Waals surface area contributed by atoms with Gasteiger partial charge >= 0.3 is 0 Å². The first-order valence-electron chi connectivity index (χ1n) is 8.39. The fourth-order valence-electron chi connectivity index (χ4n) is 3.15. The van der Waals surface area contributed by atoms with Crippen molar-refractivity contribution < 1.29 is 0 Å². The largest absolute Gasteiger partial charge is 0.260 e. The minimum Gasteiger partial charge on any atom is -0.260 e. The first kappa shape index (κ1) is 16.7. The minimum atomic E-state index is 0.151. The Kier molecular flexibility index (Phi) is 5.05. The number of hydrogen-bond donors (Lipinski definition) is 0. The zero-order valence-corrected chi connectivity index (χ0v) is 14.9. The third-order valence-electron chi connectivity index (χ3n) is 4.33. The van der Waals surface area contributed by atoms with E-state index in [1.54, 1.807) is 0 Å². The summed E-state index contributed by atoms with van der Waals surface area (Å²) in [7, 11) is 0. The number of benzene rings is 1. The van der Waals surface area contributed by atoms with Gasteiger partial charge in [0.2, 0.25) is 0 Å². The molecule has 0 saturated carbocycles. The molecule has 0 aliphatic heterocycles. The zero-order chi connectivity index (χ0) is 16.3. The summed E-state index contributed by atoms with van der Waals surface area (Å²) in [5, 5.41) is 0. The number of nitrogens with zero attached hydrogens (tertiary/aromatic N) is 1. The molecule has 2 rings (SSSR count). The van der Waals surface area contributed by atoms with Gasteiger partial charge in [0.25, 0.3) is 0 Å². The average molecular weight is 295 g/mol. The molecule has 0 aliphatic rings. The highest BCUT2D eigenvalue weighted by molar-refractivity contribution is 5.45. The van der Waals surface area contributed by atoms with Crippen molar-refractivity contribution in [1.29, 1.82) is 0 Å². The van der Waals surface area contributed by atoms with Crippen LogP contribution in [0.1, 0.15) is 74.9 Å². The van der Waals surface area contributed by atoms with E-state index < -0.39 is 0 Å². The van der Waals surface area contributed by atoms with Crippen molar-refractivity contribution in [3.05, 3.63) is 64.5 Å². The molecule has 118 valence electrons. The predicted octanol–water partition coefficient (Wildman–Crippen LogP) is 5.79. The van der Waals surface area contributed by atoms with E-state index in [2.05, 4.69) is 76.9 Å². The highest BCUT2D eigenvalue weighted by Crippen LogP contribution is 2.36. The van der Waals surface area contributed by atoms with Crippen LogP contribution in [0.3, 0.4) is 0 Å². The summed E-state index contributed by atoms with van der Waals surface area (Å²) in [4.78, 5) is 4.68. The molecule has 1 heteroatoms. The molecule has 0 fully saturated rings. The standard InChI is InChI=1S/C21H29N/c1-7-9-17-10-8-11-18(21(4,5)6)20(17)16(3)19-13-12-15(2)14-22-19/h8,10-14,16H,7,9H2,1-6H3. The van der Waals surface area contributed by atoms with Crippen LogP contribution in [0, 0.1) is 6.92 Å². The van der Waals surface area contributed by atoms with Crippen LogP contribution in [0.2, 0.25) is 0 Å². The molecule has 2 aromatic rings. The maximum atomic E-state index is 4.68. The Morgan fingerprint density at radius 1 is 1.09 bits per heavy atom. The summed E-state index contributed by atoms with van der Waals surface area (Å²) in [5.41, 5.74) is 6.94. The molecule has 0 spiro atoms. The fraction of sp³-hybridized carbons (Fsp3) is 0.476. The Labute approximate surface area is 135 Å². The molecular weight excluding hydrogens is 266 g/mol. The smallest absolute Gasteiger partial charge is 0.0475 e. The van der Waals surface area contributed by atoms with Gasteiger partial charge in [0.05, 0.1) is 0 Å². The van der Waals surface area contributed by atoms with E-state index in [-0.39, 0.29) is 5.41 Å². The Hall–Kier alpha value is -1.63. The van der Waals surface area contributed by atoms with Crippen LogP contribution < -0.4 is 0 Å². The van der Waals surface area contributed by atoms with Crippen molar-refractivity contribution in [3.63, 3.8) is 0 Å². The van der Waals surface area contributed by atoms with Gasteiger partial charge in [-0.25, -0.2) is 0 Å². The lowest BCUT2D eigenvalue weighted by atomic mass is 9.77. The first-order chi connectivity index (χ1) is 10.3. The Morgan fingerprint density at radius 3 is 2.36 bits per heavy atom. The molecule has 1 nitrogen and oxygen atoms in total. The van der Waals surface area contributed by atoms with Crippen LogP contribution in [0.5, 0.6) is 0 Å². The molecule has 0 amide bonds. The SMILES string of the molecule is CCCc1cccc(C(C)(C)C)c1C(C)c1ccc(C)cn1. The van der Waals surface area contributed by atoms with Crippen molar-refractivity contribution >= 4 is 0 Å². The van der Waals surface area contributed by atoms with Gasteiger partial charge in [-0.1, -0.05) is 65.3 Å².